The van der Waals surface area contributed by atoms with Crippen LogP contribution in [0, 0.1) is 11.3 Å². The number of aliphatic hydroxyl groups is 1. The summed E-state index contributed by atoms with van der Waals surface area (Å²) in [6.45, 7) is 4.25. The lowest BCUT2D eigenvalue weighted by atomic mass is 9.59. The first-order chi connectivity index (χ1) is 14.3. The third-order valence-electron chi connectivity index (χ3n) is 6.45. The molecular weight excluding hydrogens is 421 g/mol. The van der Waals surface area contributed by atoms with E-state index in [0.717, 1.165) is 11.1 Å². The lowest BCUT2D eigenvalue weighted by Gasteiger charge is -2.42. The van der Waals surface area contributed by atoms with Gasteiger partial charge in [0.1, 0.15) is 12.4 Å². The summed E-state index contributed by atoms with van der Waals surface area (Å²) in [7, 11) is 0. The van der Waals surface area contributed by atoms with Gasteiger partial charge in [-0.25, -0.2) is 0 Å². The predicted octanol–water partition coefficient (Wildman–Crippen LogP) is 4.94. The van der Waals surface area contributed by atoms with E-state index < -0.39 is 5.41 Å². The third-order valence-corrected chi connectivity index (χ3v) is 7.03. The minimum atomic E-state index is -0.573. The Bertz CT molecular complexity index is 975. The lowest BCUT2D eigenvalue weighted by molar-refractivity contribution is -0.126. The van der Waals surface area contributed by atoms with E-state index in [-0.39, 0.29) is 42.9 Å². The van der Waals surface area contributed by atoms with Crippen LogP contribution in [0.15, 0.2) is 54.6 Å². The summed E-state index contributed by atoms with van der Waals surface area (Å²) in [4.78, 5) is 12.8. The van der Waals surface area contributed by atoms with Gasteiger partial charge in [0.2, 0.25) is 5.91 Å². The Hall–Kier alpha value is -2.01. The van der Waals surface area contributed by atoms with E-state index in [0.29, 0.717) is 15.8 Å². The number of benzene rings is 2. The van der Waals surface area contributed by atoms with E-state index in [1.807, 2.05) is 49.4 Å². The first-order valence-corrected chi connectivity index (χ1v) is 10.9. The van der Waals surface area contributed by atoms with Crippen LogP contribution in [-0.4, -0.2) is 30.3 Å². The first-order valence-electron chi connectivity index (χ1n) is 10.1. The van der Waals surface area contributed by atoms with Gasteiger partial charge in [0, 0.05) is 33.8 Å². The van der Waals surface area contributed by atoms with Crippen molar-refractivity contribution in [3.05, 3.63) is 75.8 Å². The predicted molar refractivity (Wildman–Crippen MR) is 119 cm³/mol. The minimum absolute atomic E-state index is 0.00112. The van der Waals surface area contributed by atoms with Crippen molar-refractivity contribution in [2.24, 2.45) is 11.3 Å². The molecule has 2 N–H and O–H groups in total. The second kappa shape index (κ2) is 8.26. The summed E-state index contributed by atoms with van der Waals surface area (Å²) < 4.78 is 5.50. The molecule has 0 spiro atoms. The SMILES string of the molecule is CC1NC(=O)[C@]2(C)C=CC(c3ccc(OCCO)cc3Cl)C(c3ccc(Cl)cc3)C12. The van der Waals surface area contributed by atoms with E-state index in [1.54, 1.807) is 6.07 Å². The number of carbonyl (C=O) groups excluding carboxylic acids is 1. The second-order valence-electron chi connectivity index (χ2n) is 8.29. The standard InChI is InChI=1S/C24H25Cl2NO3/c1-14-22-21(15-3-5-16(25)6-4-15)19(9-10-24(22,2)23(29)27-14)18-8-7-17(13-20(18)26)30-12-11-28/h3-10,13-14,19,21-22,28H,11-12H2,1-2H3,(H,27,29)/t14?,19?,21?,22?,24-/m1/s1. The molecule has 2 aromatic rings. The van der Waals surface area contributed by atoms with Crippen LogP contribution in [0.3, 0.4) is 0 Å². The number of rotatable bonds is 5. The van der Waals surface area contributed by atoms with E-state index in [2.05, 4.69) is 18.3 Å². The molecule has 158 valence electrons. The zero-order chi connectivity index (χ0) is 21.5. The Kier molecular flexibility index (Phi) is 5.84. The maximum absolute atomic E-state index is 12.8. The van der Waals surface area contributed by atoms with Gasteiger partial charge in [0.05, 0.1) is 12.0 Å². The Morgan fingerprint density at radius 3 is 2.57 bits per heavy atom. The normalized spacial score (nSPS) is 30.1. The van der Waals surface area contributed by atoms with Crippen LogP contribution in [0.4, 0.5) is 0 Å². The van der Waals surface area contributed by atoms with Crippen LogP contribution in [0.5, 0.6) is 5.75 Å². The highest BCUT2D eigenvalue weighted by atomic mass is 35.5. The zero-order valence-electron chi connectivity index (χ0n) is 16.9. The van der Waals surface area contributed by atoms with Crippen molar-refractivity contribution in [2.45, 2.75) is 31.7 Å². The molecule has 5 atom stereocenters. The molecule has 1 heterocycles. The number of carbonyl (C=O) groups is 1. The Balaban J connectivity index is 1.80. The molecule has 6 heteroatoms. The average molecular weight is 446 g/mol. The van der Waals surface area contributed by atoms with Crippen molar-refractivity contribution < 1.29 is 14.6 Å². The Labute approximate surface area is 186 Å². The van der Waals surface area contributed by atoms with Crippen LogP contribution in [0.2, 0.25) is 10.0 Å². The minimum Gasteiger partial charge on any atom is -0.491 e. The largest absolute Gasteiger partial charge is 0.491 e. The summed E-state index contributed by atoms with van der Waals surface area (Å²) in [5.41, 5.74) is 1.54. The molecule has 4 rings (SSSR count). The first kappa shape index (κ1) is 21.2. The molecule has 0 bridgehead atoms. The van der Waals surface area contributed by atoms with E-state index in [1.165, 1.54) is 0 Å². The molecular formula is C24H25Cl2NO3. The lowest BCUT2D eigenvalue weighted by Crippen LogP contribution is -2.39. The highest BCUT2D eigenvalue weighted by molar-refractivity contribution is 6.31. The summed E-state index contributed by atoms with van der Waals surface area (Å²) in [5.74, 6) is 0.804. The van der Waals surface area contributed by atoms with E-state index in [9.17, 15) is 4.79 Å². The van der Waals surface area contributed by atoms with E-state index in [4.69, 9.17) is 33.0 Å². The van der Waals surface area contributed by atoms with Crippen molar-refractivity contribution in [1.29, 1.82) is 0 Å². The van der Waals surface area contributed by atoms with Crippen molar-refractivity contribution in [3.63, 3.8) is 0 Å². The number of fused-ring (bicyclic) bond motifs is 1. The van der Waals surface area contributed by atoms with Gasteiger partial charge in [-0.3, -0.25) is 4.79 Å². The third kappa shape index (κ3) is 3.62. The molecule has 30 heavy (non-hydrogen) atoms. The van der Waals surface area contributed by atoms with Crippen LogP contribution in [0.1, 0.15) is 36.8 Å². The van der Waals surface area contributed by atoms with Crippen LogP contribution in [0.25, 0.3) is 0 Å². The van der Waals surface area contributed by atoms with Gasteiger partial charge in [-0.2, -0.15) is 0 Å². The molecule has 2 aromatic carbocycles. The number of amides is 1. The van der Waals surface area contributed by atoms with Crippen molar-refractivity contribution >= 4 is 29.1 Å². The quantitative estimate of drug-likeness (QED) is 0.640. The van der Waals surface area contributed by atoms with E-state index >= 15 is 0 Å². The molecule has 1 amide bonds. The maximum atomic E-state index is 12.8. The van der Waals surface area contributed by atoms with Gasteiger partial charge in [0.25, 0.3) is 0 Å². The smallest absolute Gasteiger partial charge is 0.230 e. The van der Waals surface area contributed by atoms with Crippen molar-refractivity contribution in [3.8, 4) is 5.75 Å². The topological polar surface area (TPSA) is 58.6 Å². The highest BCUT2D eigenvalue weighted by Gasteiger charge is 2.55. The van der Waals surface area contributed by atoms with Gasteiger partial charge in [-0.05, 0) is 49.2 Å². The molecule has 1 fully saturated rings. The fraction of sp³-hybridized carbons (Fsp3) is 0.375. The van der Waals surface area contributed by atoms with Crippen LogP contribution < -0.4 is 10.1 Å². The molecule has 0 radical (unpaired) electrons. The fourth-order valence-electron chi connectivity index (χ4n) is 5.07. The summed E-state index contributed by atoms with van der Waals surface area (Å²) >= 11 is 12.8. The molecule has 2 aliphatic rings. The summed E-state index contributed by atoms with van der Waals surface area (Å²) in [6, 6.07) is 13.5. The fourth-order valence-corrected chi connectivity index (χ4v) is 5.49. The van der Waals surface area contributed by atoms with Gasteiger partial charge in [-0.15, -0.1) is 0 Å². The Morgan fingerprint density at radius 1 is 1.17 bits per heavy atom. The number of hydrogen-bond donors (Lipinski definition) is 2. The summed E-state index contributed by atoms with van der Waals surface area (Å²) in [6.07, 6.45) is 4.16. The monoisotopic (exact) mass is 445 g/mol. The Morgan fingerprint density at radius 2 is 1.90 bits per heavy atom. The van der Waals surface area contributed by atoms with Crippen LogP contribution >= 0.6 is 23.2 Å². The molecule has 1 saturated heterocycles. The highest BCUT2D eigenvalue weighted by Crippen LogP contribution is 2.56. The number of hydrogen-bond acceptors (Lipinski definition) is 3. The molecule has 4 nitrogen and oxygen atoms in total. The van der Waals surface area contributed by atoms with Crippen LogP contribution in [-0.2, 0) is 4.79 Å². The van der Waals surface area contributed by atoms with Gasteiger partial charge in [0.15, 0.2) is 0 Å². The number of nitrogens with one attached hydrogen (secondary N) is 1. The zero-order valence-corrected chi connectivity index (χ0v) is 18.5. The number of aliphatic hydroxyl groups excluding tert-OH is 1. The molecule has 1 aliphatic heterocycles. The second-order valence-corrected chi connectivity index (χ2v) is 9.13. The van der Waals surface area contributed by atoms with Gasteiger partial charge >= 0.3 is 0 Å². The van der Waals surface area contributed by atoms with Crippen molar-refractivity contribution in [1.82, 2.24) is 5.32 Å². The van der Waals surface area contributed by atoms with Crippen molar-refractivity contribution in [2.75, 3.05) is 13.2 Å². The maximum Gasteiger partial charge on any atom is 0.230 e. The number of halogens is 2. The summed E-state index contributed by atoms with van der Waals surface area (Å²) in [5, 5.41) is 13.4. The van der Waals surface area contributed by atoms with Gasteiger partial charge in [-0.1, -0.05) is 53.6 Å². The molecule has 0 saturated carbocycles. The number of ether oxygens (including phenoxy) is 1. The molecule has 0 aromatic heterocycles. The van der Waals surface area contributed by atoms with Gasteiger partial charge < -0.3 is 15.2 Å². The average Bonchev–Trinajstić information content (AvgIpc) is 2.95. The molecule has 4 unspecified atom stereocenters. The molecule has 1 aliphatic carbocycles. The number of allylic oxidation sites excluding steroid dienone is 1.